The molecule has 0 bridgehead atoms. The van der Waals surface area contributed by atoms with Gasteiger partial charge in [0.05, 0.1) is 0 Å². The molecule has 1 fully saturated rings. The average Bonchev–Trinajstić information content (AvgIpc) is 2.10. The molecule has 0 atom stereocenters. The van der Waals surface area contributed by atoms with Crippen molar-refractivity contribution in [2.24, 2.45) is 0 Å². The molecule has 1 aliphatic heterocycles. The Kier molecular flexibility index (Phi) is 2.94. The van der Waals surface area contributed by atoms with Gasteiger partial charge < -0.3 is 9.47 Å². The van der Waals surface area contributed by atoms with Crippen molar-refractivity contribution in [1.29, 1.82) is 0 Å². The van der Waals surface area contributed by atoms with Gasteiger partial charge >= 0.3 is 17.8 Å². The summed E-state index contributed by atoms with van der Waals surface area (Å²) in [5.74, 6) is -15.3. The molecule has 0 amide bonds. The zero-order chi connectivity index (χ0) is 11.9. The largest absolute Gasteiger partial charge is 0.376 e. The Hall–Kier alpha value is -0.500. The Labute approximate surface area is 81.1 Å². The van der Waals surface area contributed by atoms with Crippen LogP contribution in [0.5, 0.6) is 0 Å². The zero-order valence-corrected chi connectivity index (χ0v) is 7.58. The summed E-state index contributed by atoms with van der Waals surface area (Å²) in [6.45, 7) is -2.55. The van der Waals surface area contributed by atoms with Crippen molar-refractivity contribution in [3.8, 4) is 0 Å². The maximum absolute atomic E-state index is 12.7. The minimum atomic E-state index is -5.49. The van der Waals surface area contributed by atoms with Gasteiger partial charge in [0.2, 0.25) is 0 Å². The van der Waals surface area contributed by atoms with Crippen LogP contribution in [-0.2, 0) is 9.47 Å². The van der Waals surface area contributed by atoms with Crippen molar-refractivity contribution >= 4 is 0 Å². The Morgan fingerprint density at radius 3 is 1.53 bits per heavy atom. The van der Waals surface area contributed by atoms with Crippen molar-refractivity contribution in [1.82, 2.24) is 0 Å². The van der Waals surface area contributed by atoms with Crippen LogP contribution in [0, 0.1) is 0 Å². The van der Waals surface area contributed by atoms with Gasteiger partial charge in [0.1, 0.15) is 13.2 Å². The predicted molar refractivity (Wildman–Crippen MR) is 36.2 cm³/mol. The van der Waals surface area contributed by atoms with Crippen LogP contribution in [-0.4, -0.2) is 37.3 Å². The first-order valence-corrected chi connectivity index (χ1v) is 3.97. The molecule has 0 aromatic rings. The van der Waals surface area contributed by atoms with E-state index in [1.54, 1.807) is 0 Å². The van der Waals surface area contributed by atoms with E-state index in [1.165, 1.54) is 0 Å². The van der Waals surface area contributed by atoms with Crippen molar-refractivity contribution in [3.63, 3.8) is 0 Å². The zero-order valence-electron chi connectivity index (χ0n) is 7.58. The van der Waals surface area contributed by atoms with Crippen LogP contribution in [0.15, 0.2) is 0 Å². The lowest BCUT2D eigenvalue weighted by molar-refractivity contribution is -0.361. The van der Waals surface area contributed by atoms with E-state index in [0.29, 0.717) is 0 Å². The summed E-state index contributed by atoms with van der Waals surface area (Å²) in [5, 5.41) is 0. The first kappa shape index (κ1) is 12.6. The molecular weight excluding hydrogens is 230 g/mol. The Morgan fingerprint density at radius 1 is 0.867 bits per heavy atom. The highest BCUT2D eigenvalue weighted by Gasteiger charge is 2.72. The van der Waals surface area contributed by atoms with Gasteiger partial charge in [-0.05, 0) is 6.92 Å². The minimum Gasteiger partial charge on any atom is -0.346 e. The molecule has 0 saturated carbocycles. The molecule has 0 unspecified atom stereocenters. The highest BCUT2D eigenvalue weighted by atomic mass is 19.3. The van der Waals surface area contributed by atoms with Crippen LogP contribution < -0.4 is 0 Å². The van der Waals surface area contributed by atoms with E-state index in [2.05, 4.69) is 9.47 Å². The summed E-state index contributed by atoms with van der Waals surface area (Å²) in [6.07, 6.45) is -1.38. The molecule has 1 saturated heterocycles. The Balaban J connectivity index is 3.00. The second kappa shape index (κ2) is 3.51. The lowest BCUT2D eigenvalue weighted by Gasteiger charge is -2.35. The standard InChI is InChI=1S/C7H8F6O2/c1-4-14-2-5(8,9)7(12,13)6(10,11)3-15-4/h4H,2-3H2,1H3. The van der Waals surface area contributed by atoms with Crippen molar-refractivity contribution in [3.05, 3.63) is 0 Å². The highest BCUT2D eigenvalue weighted by molar-refractivity contribution is 4.97. The molecule has 0 N–H and O–H groups in total. The number of hydrogen-bond donors (Lipinski definition) is 0. The fraction of sp³-hybridized carbons (Fsp3) is 1.00. The van der Waals surface area contributed by atoms with E-state index in [4.69, 9.17) is 0 Å². The first-order valence-electron chi connectivity index (χ1n) is 3.97. The van der Waals surface area contributed by atoms with E-state index < -0.39 is 37.3 Å². The summed E-state index contributed by atoms with van der Waals surface area (Å²) in [6, 6.07) is 0. The minimum absolute atomic E-state index is 1.07. The molecule has 2 nitrogen and oxygen atoms in total. The fourth-order valence-corrected chi connectivity index (χ4v) is 0.941. The van der Waals surface area contributed by atoms with E-state index in [-0.39, 0.29) is 0 Å². The predicted octanol–water partition coefficient (Wildman–Crippen LogP) is 2.29. The summed E-state index contributed by atoms with van der Waals surface area (Å²) in [7, 11) is 0. The summed E-state index contributed by atoms with van der Waals surface area (Å²) in [5.41, 5.74) is 0. The van der Waals surface area contributed by atoms with E-state index >= 15 is 0 Å². The maximum atomic E-state index is 12.7. The second-order valence-electron chi connectivity index (χ2n) is 3.17. The number of hydrogen-bond acceptors (Lipinski definition) is 2. The number of ether oxygens (including phenoxy) is 2. The van der Waals surface area contributed by atoms with Crippen LogP contribution in [0.25, 0.3) is 0 Å². The van der Waals surface area contributed by atoms with Gasteiger partial charge in [-0.25, -0.2) is 0 Å². The SMILES string of the molecule is CC1OCC(F)(F)C(F)(F)C(F)(F)CO1. The van der Waals surface area contributed by atoms with Crippen molar-refractivity contribution in [2.45, 2.75) is 31.0 Å². The molecule has 0 radical (unpaired) electrons. The van der Waals surface area contributed by atoms with Crippen LogP contribution in [0.3, 0.4) is 0 Å². The third-order valence-corrected chi connectivity index (χ3v) is 1.92. The van der Waals surface area contributed by atoms with Gasteiger partial charge in [0.25, 0.3) is 0 Å². The van der Waals surface area contributed by atoms with Gasteiger partial charge in [0.15, 0.2) is 6.29 Å². The third-order valence-electron chi connectivity index (χ3n) is 1.92. The molecule has 0 aliphatic carbocycles. The van der Waals surface area contributed by atoms with Gasteiger partial charge in [-0.2, -0.15) is 26.3 Å². The van der Waals surface area contributed by atoms with E-state index in [9.17, 15) is 26.3 Å². The Morgan fingerprint density at radius 2 is 1.20 bits per heavy atom. The first-order chi connectivity index (χ1) is 6.60. The molecule has 1 aliphatic rings. The van der Waals surface area contributed by atoms with Gasteiger partial charge in [0, 0.05) is 0 Å². The number of alkyl halides is 6. The smallest absolute Gasteiger partial charge is 0.346 e. The van der Waals surface area contributed by atoms with E-state index in [1.807, 2.05) is 0 Å². The van der Waals surface area contributed by atoms with Crippen LogP contribution in [0.1, 0.15) is 6.92 Å². The molecule has 0 spiro atoms. The van der Waals surface area contributed by atoms with E-state index in [0.717, 1.165) is 6.92 Å². The number of halogens is 6. The average molecular weight is 238 g/mol. The topological polar surface area (TPSA) is 18.5 Å². The van der Waals surface area contributed by atoms with Gasteiger partial charge in [-0.3, -0.25) is 0 Å². The lowest BCUT2D eigenvalue weighted by Crippen LogP contribution is -2.60. The monoisotopic (exact) mass is 238 g/mol. The molecule has 15 heavy (non-hydrogen) atoms. The molecule has 8 heteroatoms. The summed E-state index contributed by atoms with van der Waals surface area (Å²) in [4.78, 5) is 0. The molecule has 0 aromatic heterocycles. The summed E-state index contributed by atoms with van der Waals surface area (Å²) >= 11 is 0. The molecule has 0 aromatic carbocycles. The molecule has 1 heterocycles. The van der Waals surface area contributed by atoms with Crippen LogP contribution in [0.4, 0.5) is 26.3 Å². The second-order valence-corrected chi connectivity index (χ2v) is 3.17. The lowest BCUT2D eigenvalue weighted by atomic mass is 10.1. The van der Waals surface area contributed by atoms with Crippen molar-refractivity contribution < 1.29 is 35.8 Å². The number of rotatable bonds is 0. The Bertz CT molecular complexity index is 220. The van der Waals surface area contributed by atoms with Crippen LogP contribution in [0.2, 0.25) is 0 Å². The third kappa shape index (κ3) is 2.05. The van der Waals surface area contributed by atoms with Crippen LogP contribution >= 0.6 is 0 Å². The quantitative estimate of drug-likeness (QED) is 0.603. The molecule has 1 rings (SSSR count). The maximum Gasteiger partial charge on any atom is 0.376 e. The van der Waals surface area contributed by atoms with Gasteiger partial charge in [-0.15, -0.1) is 0 Å². The molecular formula is C7H8F6O2. The normalized spacial score (nSPS) is 30.6. The fourth-order valence-electron chi connectivity index (χ4n) is 0.941. The van der Waals surface area contributed by atoms with Crippen molar-refractivity contribution in [2.75, 3.05) is 13.2 Å². The summed E-state index contributed by atoms with van der Waals surface area (Å²) < 4.78 is 84.3. The van der Waals surface area contributed by atoms with Gasteiger partial charge in [-0.1, -0.05) is 0 Å². The highest BCUT2D eigenvalue weighted by Crippen LogP contribution is 2.46. The molecule has 90 valence electrons.